The number of allylic oxidation sites excluding steroid dienone is 1. The van der Waals surface area contributed by atoms with Crippen LogP contribution in [-0.2, 0) is 0 Å². The van der Waals surface area contributed by atoms with Gasteiger partial charge < -0.3 is 21.2 Å². The first-order valence-electron chi connectivity index (χ1n) is 8.03. The summed E-state index contributed by atoms with van der Waals surface area (Å²) in [6, 6.07) is 8.86. The van der Waals surface area contributed by atoms with Crippen LogP contribution in [0.15, 0.2) is 64.6 Å². The average molecular weight is 362 g/mol. The van der Waals surface area contributed by atoms with Crippen LogP contribution in [0, 0.1) is 0 Å². The van der Waals surface area contributed by atoms with Gasteiger partial charge in [0.2, 0.25) is 0 Å². The summed E-state index contributed by atoms with van der Waals surface area (Å²) in [5.41, 5.74) is 14.4. The number of anilines is 2. The van der Waals surface area contributed by atoms with E-state index < -0.39 is 5.91 Å². The first kappa shape index (κ1) is 17.9. The zero-order chi connectivity index (χ0) is 19.2. The minimum Gasteiger partial charge on any atom is -0.464 e. The number of aliphatic imine (C=N–C) groups is 1. The van der Waals surface area contributed by atoms with E-state index in [1.165, 1.54) is 18.6 Å². The van der Waals surface area contributed by atoms with Crippen LogP contribution in [0.1, 0.15) is 16.2 Å². The molecule has 5 N–H and O–H groups in total. The van der Waals surface area contributed by atoms with E-state index in [0.717, 1.165) is 5.56 Å². The maximum absolute atomic E-state index is 12.5. The zero-order valence-electron chi connectivity index (χ0n) is 14.6. The van der Waals surface area contributed by atoms with Crippen molar-refractivity contribution < 1.29 is 9.21 Å². The number of carbonyl (C=O) groups excluding carboxylic acids is 1. The van der Waals surface area contributed by atoms with Gasteiger partial charge >= 0.3 is 0 Å². The predicted molar refractivity (Wildman–Crippen MR) is 105 cm³/mol. The minimum absolute atomic E-state index is 0.145. The monoisotopic (exact) mass is 362 g/mol. The fourth-order valence-electron chi connectivity index (χ4n) is 2.37. The lowest BCUT2D eigenvalue weighted by molar-refractivity contribution is 0.102. The molecule has 0 aliphatic carbocycles. The van der Waals surface area contributed by atoms with Crippen LogP contribution >= 0.6 is 0 Å². The Morgan fingerprint density at radius 2 is 2.00 bits per heavy atom. The van der Waals surface area contributed by atoms with E-state index in [2.05, 4.69) is 20.3 Å². The van der Waals surface area contributed by atoms with E-state index >= 15 is 0 Å². The van der Waals surface area contributed by atoms with E-state index in [1.54, 1.807) is 37.7 Å². The molecule has 3 aromatic rings. The number of nitrogens with two attached hydrogens (primary N) is 2. The number of hydrogen-bond acceptors (Lipinski definition) is 7. The summed E-state index contributed by atoms with van der Waals surface area (Å²) in [4.78, 5) is 24.7. The first-order valence-corrected chi connectivity index (χ1v) is 8.03. The Bertz CT molecular complexity index is 992. The molecule has 8 nitrogen and oxygen atoms in total. The van der Waals surface area contributed by atoms with Gasteiger partial charge in [-0.3, -0.25) is 14.8 Å². The molecule has 0 spiro atoms. The van der Waals surface area contributed by atoms with Gasteiger partial charge in [-0.05, 0) is 30.3 Å². The van der Waals surface area contributed by atoms with E-state index in [0.29, 0.717) is 28.4 Å². The number of nitrogens with one attached hydrogen (secondary N) is 1. The van der Waals surface area contributed by atoms with Crippen LogP contribution in [0.4, 0.5) is 11.4 Å². The molecule has 3 rings (SSSR count). The van der Waals surface area contributed by atoms with Crippen molar-refractivity contribution in [3.8, 4) is 11.3 Å². The number of aromatic nitrogens is 2. The van der Waals surface area contributed by atoms with Gasteiger partial charge in [-0.1, -0.05) is 0 Å². The van der Waals surface area contributed by atoms with Gasteiger partial charge in [0.25, 0.3) is 5.91 Å². The molecule has 0 bridgehead atoms. The van der Waals surface area contributed by atoms with Gasteiger partial charge in [0.05, 0.1) is 35.7 Å². The Morgan fingerprint density at radius 3 is 2.63 bits per heavy atom. The van der Waals surface area contributed by atoms with E-state index in [9.17, 15) is 4.79 Å². The number of furan rings is 1. The second-order valence-corrected chi connectivity index (χ2v) is 5.53. The molecule has 0 aliphatic rings. The number of rotatable bonds is 5. The Kier molecular flexibility index (Phi) is 5.27. The molecule has 1 amide bonds. The maximum atomic E-state index is 12.5. The SMILES string of the molecule is CN=C/C(=C\N)c1cnc(C(=O)Nc2cc(-c3ccco3)ccc2N)cn1. The lowest BCUT2D eigenvalue weighted by Gasteiger charge is -2.09. The van der Waals surface area contributed by atoms with Crippen molar-refractivity contribution >= 4 is 29.1 Å². The number of amides is 1. The van der Waals surface area contributed by atoms with Crippen molar-refractivity contribution in [2.45, 2.75) is 0 Å². The van der Waals surface area contributed by atoms with Gasteiger partial charge in [-0.15, -0.1) is 0 Å². The molecule has 0 aliphatic heterocycles. The van der Waals surface area contributed by atoms with E-state index in [1.807, 2.05) is 12.1 Å². The molecule has 0 atom stereocenters. The van der Waals surface area contributed by atoms with Crippen LogP contribution in [0.25, 0.3) is 16.9 Å². The molecule has 27 heavy (non-hydrogen) atoms. The van der Waals surface area contributed by atoms with Crippen LogP contribution < -0.4 is 16.8 Å². The molecule has 136 valence electrons. The van der Waals surface area contributed by atoms with Gasteiger partial charge in [0, 0.05) is 30.6 Å². The van der Waals surface area contributed by atoms with Gasteiger partial charge in [0.15, 0.2) is 0 Å². The fourth-order valence-corrected chi connectivity index (χ4v) is 2.37. The van der Waals surface area contributed by atoms with E-state index in [4.69, 9.17) is 15.9 Å². The van der Waals surface area contributed by atoms with Gasteiger partial charge in [-0.25, -0.2) is 4.98 Å². The third-order valence-electron chi connectivity index (χ3n) is 3.74. The Labute approximate surface area is 155 Å². The lowest BCUT2D eigenvalue weighted by Crippen LogP contribution is -2.15. The standard InChI is InChI=1S/C19H18N6O2/c1-22-9-13(8-20)16-10-24-17(11-23-16)19(26)25-15-7-12(4-5-14(15)21)18-3-2-6-27-18/h2-11H,20-21H2,1H3,(H,25,26)/b13-8+,22-9?. The summed E-state index contributed by atoms with van der Waals surface area (Å²) in [7, 11) is 1.62. The molecule has 2 heterocycles. The van der Waals surface area contributed by atoms with E-state index in [-0.39, 0.29) is 5.69 Å². The molecule has 0 unspecified atom stereocenters. The summed E-state index contributed by atoms with van der Waals surface area (Å²) in [6.07, 6.45) is 7.33. The normalized spacial score (nSPS) is 11.7. The van der Waals surface area contributed by atoms with Crippen molar-refractivity contribution in [1.82, 2.24) is 9.97 Å². The molecule has 8 heteroatoms. The van der Waals surface area contributed by atoms with Crippen molar-refractivity contribution in [3.63, 3.8) is 0 Å². The Morgan fingerprint density at radius 1 is 1.22 bits per heavy atom. The average Bonchev–Trinajstić information content (AvgIpc) is 3.23. The molecular formula is C19H18N6O2. The van der Waals surface area contributed by atoms with Gasteiger partial charge in [-0.2, -0.15) is 0 Å². The number of benzene rings is 1. The van der Waals surface area contributed by atoms with Crippen LogP contribution in [0.5, 0.6) is 0 Å². The molecule has 0 saturated heterocycles. The molecule has 1 aromatic carbocycles. The first-order chi connectivity index (χ1) is 13.1. The predicted octanol–water partition coefficient (Wildman–Crippen LogP) is 2.57. The van der Waals surface area contributed by atoms with Crippen molar-refractivity contribution in [1.29, 1.82) is 0 Å². The molecule has 0 saturated carbocycles. The topological polar surface area (TPSA) is 132 Å². The molecule has 2 aromatic heterocycles. The Hall–Kier alpha value is -3.94. The highest BCUT2D eigenvalue weighted by molar-refractivity contribution is 6.09. The summed E-state index contributed by atoms with van der Waals surface area (Å²) in [5.74, 6) is 0.244. The number of carbonyl (C=O) groups is 1. The summed E-state index contributed by atoms with van der Waals surface area (Å²) in [5, 5.41) is 2.74. The maximum Gasteiger partial charge on any atom is 0.275 e. The minimum atomic E-state index is -0.431. The summed E-state index contributed by atoms with van der Waals surface area (Å²) < 4.78 is 5.37. The van der Waals surface area contributed by atoms with Crippen molar-refractivity contribution in [2.24, 2.45) is 10.7 Å². The number of nitrogens with zero attached hydrogens (tertiary/aromatic N) is 3. The lowest BCUT2D eigenvalue weighted by atomic mass is 10.1. The van der Waals surface area contributed by atoms with Crippen molar-refractivity contribution in [2.75, 3.05) is 18.1 Å². The summed E-state index contributed by atoms with van der Waals surface area (Å²) in [6.45, 7) is 0. The highest BCUT2D eigenvalue weighted by Gasteiger charge is 2.12. The third-order valence-corrected chi connectivity index (χ3v) is 3.74. The van der Waals surface area contributed by atoms with Crippen LogP contribution in [0.3, 0.4) is 0 Å². The second kappa shape index (κ2) is 7.96. The summed E-state index contributed by atoms with van der Waals surface area (Å²) >= 11 is 0. The van der Waals surface area contributed by atoms with Crippen molar-refractivity contribution in [3.05, 3.63) is 66.6 Å². The van der Waals surface area contributed by atoms with Crippen LogP contribution in [0.2, 0.25) is 0 Å². The quantitative estimate of drug-likeness (QED) is 0.472. The van der Waals surface area contributed by atoms with Crippen LogP contribution in [-0.4, -0.2) is 29.1 Å². The number of nitrogen functional groups attached to an aromatic ring is 1. The largest absolute Gasteiger partial charge is 0.464 e. The highest BCUT2D eigenvalue weighted by atomic mass is 16.3. The number of hydrogen-bond donors (Lipinski definition) is 3. The van der Waals surface area contributed by atoms with Gasteiger partial charge in [0.1, 0.15) is 11.5 Å². The Balaban J connectivity index is 1.80. The second-order valence-electron chi connectivity index (χ2n) is 5.53. The fraction of sp³-hybridized carbons (Fsp3) is 0.0526. The molecule has 0 radical (unpaired) electrons. The third kappa shape index (κ3) is 4.01. The highest BCUT2D eigenvalue weighted by Crippen LogP contribution is 2.27. The zero-order valence-corrected chi connectivity index (χ0v) is 14.6. The smallest absolute Gasteiger partial charge is 0.275 e. The molecular weight excluding hydrogens is 344 g/mol. The molecule has 0 fully saturated rings.